The molecular weight excluding hydrogens is 321 g/mol. The van der Waals surface area contributed by atoms with Crippen molar-refractivity contribution in [1.82, 2.24) is 19.7 Å². The monoisotopic (exact) mass is 339 g/mol. The number of nitrogens with two attached hydrogens (primary N) is 1. The van der Waals surface area contributed by atoms with Crippen molar-refractivity contribution in [2.45, 2.75) is 25.3 Å². The Morgan fingerprint density at radius 1 is 1.36 bits per heavy atom. The molecule has 1 aliphatic rings. The molecule has 0 aliphatic carbocycles. The van der Waals surface area contributed by atoms with E-state index < -0.39 is 0 Å². The van der Waals surface area contributed by atoms with Crippen LogP contribution in [0.5, 0.6) is 0 Å². The van der Waals surface area contributed by atoms with Crippen molar-refractivity contribution in [2.75, 3.05) is 18.8 Å². The van der Waals surface area contributed by atoms with Crippen molar-refractivity contribution in [3.05, 3.63) is 39.6 Å². The summed E-state index contributed by atoms with van der Waals surface area (Å²) in [6.45, 7) is 2.74. The van der Waals surface area contributed by atoms with Crippen LogP contribution in [0.2, 0.25) is 10.0 Å². The van der Waals surface area contributed by atoms with Crippen molar-refractivity contribution in [2.24, 2.45) is 7.05 Å². The molecule has 1 aromatic heterocycles. The smallest absolute Gasteiger partial charge is 0.218 e. The zero-order chi connectivity index (χ0) is 15.7. The molecule has 2 heterocycles. The van der Waals surface area contributed by atoms with E-state index in [1.54, 1.807) is 4.68 Å². The number of anilines is 1. The van der Waals surface area contributed by atoms with Crippen molar-refractivity contribution in [3.8, 4) is 0 Å². The van der Waals surface area contributed by atoms with Crippen LogP contribution >= 0.6 is 23.2 Å². The Bertz CT molecular complexity index is 650. The second-order valence-electron chi connectivity index (χ2n) is 5.76. The predicted molar refractivity (Wildman–Crippen MR) is 89.1 cm³/mol. The maximum atomic E-state index is 6.26. The van der Waals surface area contributed by atoms with Crippen LogP contribution in [0.25, 0.3) is 0 Å². The molecule has 0 spiro atoms. The highest BCUT2D eigenvalue weighted by Gasteiger charge is 2.25. The average molecular weight is 340 g/mol. The van der Waals surface area contributed by atoms with E-state index in [9.17, 15) is 0 Å². The Kier molecular flexibility index (Phi) is 4.57. The van der Waals surface area contributed by atoms with Gasteiger partial charge in [0.05, 0.1) is 0 Å². The predicted octanol–water partition coefficient (Wildman–Crippen LogP) is 3.08. The van der Waals surface area contributed by atoms with Crippen LogP contribution in [0, 0.1) is 0 Å². The topological polar surface area (TPSA) is 60.0 Å². The Hall–Kier alpha value is -1.30. The summed E-state index contributed by atoms with van der Waals surface area (Å²) in [4.78, 5) is 6.74. The fraction of sp³-hybridized carbons (Fsp3) is 0.467. The van der Waals surface area contributed by atoms with Gasteiger partial charge in [-0.3, -0.25) is 4.90 Å². The van der Waals surface area contributed by atoms with Gasteiger partial charge < -0.3 is 5.73 Å². The number of rotatable bonds is 3. The Balaban J connectivity index is 1.71. The third-order valence-electron chi connectivity index (χ3n) is 4.09. The van der Waals surface area contributed by atoms with Gasteiger partial charge in [0.25, 0.3) is 0 Å². The third-order valence-corrected chi connectivity index (χ3v) is 4.69. The summed E-state index contributed by atoms with van der Waals surface area (Å²) in [6, 6.07) is 5.60. The first-order valence-corrected chi connectivity index (χ1v) is 8.11. The highest BCUT2D eigenvalue weighted by atomic mass is 35.5. The Labute approximate surface area is 140 Å². The van der Waals surface area contributed by atoms with E-state index in [-0.39, 0.29) is 0 Å². The fourth-order valence-corrected chi connectivity index (χ4v) is 3.28. The molecular formula is C15H19Cl2N5. The second-order valence-corrected chi connectivity index (χ2v) is 6.61. The van der Waals surface area contributed by atoms with E-state index in [1.807, 2.05) is 25.2 Å². The summed E-state index contributed by atoms with van der Waals surface area (Å²) in [5.41, 5.74) is 6.84. The zero-order valence-corrected chi connectivity index (χ0v) is 14.0. The lowest BCUT2D eigenvalue weighted by Crippen LogP contribution is -2.34. The van der Waals surface area contributed by atoms with Gasteiger partial charge in [-0.2, -0.15) is 10.1 Å². The van der Waals surface area contributed by atoms with Gasteiger partial charge in [-0.05, 0) is 43.1 Å². The molecule has 1 unspecified atom stereocenters. The van der Waals surface area contributed by atoms with Crippen molar-refractivity contribution < 1.29 is 0 Å². The van der Waals surface area contributed by atoms with Crippen LogP contribution in [-0.2, 0) is 13.6 Å². The van der Waals surface area contributed by atoms with Gasteiger partial charge in [-0.15, -0.1) is 0 Å². The average Bonchev–Trinajstić information content (AvgIpc) is 2.83. The van der Waals surface area contributed by atoms with E-state index in [2.05, 4.69) is 15.0 Å². The van der Waals surface area contributed by atoms with Crippen LogP contribution in [0.1, 0.15) is 30.1 Å². The van der Waals surface area contributed by atoms with Crippen LogP contribution in [-0.4, -0.2) is 32.8 Å². The summed E-state index contributed by atoms with van der Waals surface area (Å²) in [6.07, 6.45) is 2.20. The molecule has 1 aromatic carbocycles. The van der Waals surface area contributed by atoms with Crippen molar-refractivity contribution >= 4 is 29.2 Å². The molecule has 118 valence electrons. The summed E-state index contributed by atoms with van der Waals surface area (Å²) in [5, 5.41) is 5.88. The summed E-state index contributed by atoms with van der Waals surface area (Å²) < 4.78 is 1.63. The number of aromatic nitrogens is 3. The van der Waals surface area contributed by atoms with E-state index in [0.29, 0.717) is 16.9 Å². The number of benzene rings is 1. The normalized spacial score (nSPS) is 19.5. The minimum atomic E-state index is 0.315. The van der Waals surface area contributed by atoms with Crippen LogP contribution in [0.4, 0.5) is 5.95 Å². The van der Waals surface area contributed by atoms with E-state index in [1.165, 1.54) is 0 Å². The molecule has 1 fully saturated rings. The molecule has 3 rings (SSSR count). The number of nitrogen functional groups attached to an aromatic ring is 1. The summed E-state index contributed by atoms with van der Waals surface area (Å²) in [7, 11) is 1.82. The minimum absolute atomic E-state index is 0.315. The van der Waals surface area contributed by atoms with Crippen LogP contribution < -0.4 is 5.73 Å². The standard InChI is InChI=1S/C15H19Cl2N5/c1-21-15(18)19-14(20-21)10-3-2-6-22(8-10)9-11-7-12(16)4-5-13(11)17/h4-5,7,10H,2-3,6,8-9H2,1H3,(H2,18,19,20). The van der Waals surface area contributed by atoms with E-state index in [0.717, 1.165) is 48.9 Å². The van der Waals surface area contributed by atoms with Gasteiger partial charge in [-0.1, -0.05) is 23.2 Å². The number of aryl methyl sites for hydroxylation is 1. The lowest BCUT2D eigenvalue weighted by Gasteiger charge is -2.31. The lowest BCUT2D eigenvalue weighted by molar-refractivity contribution is 0.196. The molecule has 2 aromatic rings. The highest BCUT2D eigenvalue weighted by Crippen LogP contribution is 2.28. The largest absolute Gasteiger partial charge is 0.368 e. The number of nitrogens with zero attached hydrogens (tertiary/aromatic N) is 4. The summed E-state index contributed by atoms with van der Waals surface area (Å²) >= 11 is 12.3. The van der Waals surface area contributed by atoms with Crippen LogP contribution in [0.15, 0.2) is 18.2 Å². The van der Waals surface area contributed by atoms with Crippen LogP contribution in [0.3, 0.4) is 0 Å². The maximum Gasteiger partial charge on any atom is 0.218 e. The maximum absolute atomic E-state index is 6.26. The number of hydrogen-bond donors (Lipinski definition) is 1. The molecule has 2 N–H and O–H groups in total. The van der Waals surface area contributed by atoms with Gasteiger partial charge in [0, 0.05) is 36.1 Å². The first-order chi connectivity index (χ1) is 10.5. The number of likely N-dealkylation sites (tertiary alicyclic amines) is 1. The molecule has 1 atom stereocenters. The molecule has 22 heavy (non-hydrogen) atoms. The van der Waals surface area contributed by atoms with Gasteiger partial charge in [0.1, 0.15) is 0 Å². The lowest BCUT2D eigenvalue weighted by atomic mass is 9.97. The first-order valence-electron chi connectivity index (χ1n) is 7.35. The van der Waals surface area contributed by atoms with E-state index >= 15 is 0 Å². The second kappa shape index (κ2) is 6.44. The Morgan fingerprint density at radius 3 is 2.91 bits per heavy atom. The minimum Gasteiger partial charge on any atom is -0.368 e. The van der Waals surface area contributed by atoms with Crippen molar-refractivity contribution in [3.63, 3.8) is 0 Å². The van der Waals surface area contributed by atoms with Gasteiger partial charge in [0.15, 0.2) is 5.82 Å². The highest BCUT2D eigenvalue weighted by molar-refractivity contribution is 6.33. The molecule has 1 aliphatic heterocycles. The molecule has 0 radical (unpaired) electrons. The molecule has 1 saturated heterocycles. The molecule has 5 nitrogen and oxygen atoms in total. The van der Waals surface area contributed by atoms with E-state index in [4.69, 9.17) is 28.9 Å². The molecule has 0 amide bonds. The van der Waals surface area contributed by atoms with Crippen molar-refractivity contribution in [1.29, 1.82) is 0 Å². The van der Waals surface area contributed by atoms with Gasteiger partial charge in [0.2, 0.25) is 5.95 Å². The molecule has 0 saturated carbocycles. The summed E-state index contributed by atoms with van der Waals surface area (Å²) in [5.74, 6) is 1.61. The number of hydrogen-bond acceptors (Lipinski definition) is 4. The molecule has 0 bridgehead atoms. The Morgan fingerprint density at radius 2 is 2.18 bits per heavy atom. The molecule has 7 heteroatoms. The van der Waals surface area contributed by atoms with Gasteiger partial charge >= 0.3 is 0 Å². The number of halogens is 2. The third kappa shape index (κ3) is 3.37. The quantitative estimate of drug-likeness (QED) is 0.933. The SMILES string of the molecule is Cn1nc(C2CCCN(Cc3cc(Cl)ccc3Cl)C2)nc1N. The zero-order valence-electron chi connectivity index (χ0n) is 12.5. The first kappa shape index (κ1) is 15.6. The van der Waals surface area contributed by atoms with Gasteiger partial charge in [-0.25, -0.2) is 4.68 Å². The number of piperidine rings is 1. The fourth-order valence-electron chi connectivity index (χ4n) is 2.91.